The predicted octanol–water partition coefficient (Wildman–Crippen LogP) is 13.2. The summed E-state index contributed by atoms with van der Waals surface area (Å²) in [6.45, 7) is 0. The van der Waals surface area contributed by atoms with E-state index in [9.17, 15) is 5.48 Å². The Hall–Kier alpha value is -6.18. The first-order chi connectivity index (χ1) is 26.6. The van der Waals surface area contributed by atoms with Gasteiger partial charge in [0.15, 0.2) is 0 Å². The molecule has 1 nitrogen and oxygen atoms in total. The Kier molecular flexibility index (Phi) is 4.19. The summed E-state index contributed by atoms with van der Waals surface area (Å²) < 4.78 is 78.8. The summed E-state index contributed by atoms with van der Waals surface area (Å²) in [6.07, 6.45) is 0. The SMILES string of the molecule is [2H]c1c([2H])c([2H])c2c(-c3ccc4oc5ccc6ccccc6c5c4c3)c3c([2H])c([2H])c([2H])c([2H])c3c(-c3ccc(-c4ccc5ccccc5c4)cc3)c2c1[2H]. The van der Waals surface area contributed by atoms with Crippen LogP contribution in [0.4, 0.5) is 0 Å². The molecule has 0 aliphatic heterocycles. The molecular weight excluding hydrogens is 569 g/mol. The lowest BCUT2D eigenvalue weighted by molar-refractivity contribution is 0.669. The molecule has 0 radical (unpaired) electrons. The van der Waals surface area contributed by atoms with Crippen molar-refractivity contribution in [2.45, 2.75) is 0 Å². The van der Waals surface area contributed by atoms with Crippen LogP contribution in [0.1, 0.15) is 11.0 Å². The highest BCUT2D eigenvalue weighted by Gasteiger charge is 2.18. The van der Waals surface area contributed by atoms with Gasteiger partial charge in [-0.15, -0.1) is 0 Å². The van der Waals surface area contributed by atoms with Crippen molar-refractivity contribution in [2.24, 2.45) is 0 Å². The average Bonchev–Trinajstić information content (AvgIpc) is 3.61. The molecule has 0 aliphatic rings. The van der Waals surface area contributed by atoms with Crippen LogP contribution in [0, 0.1) is 0 Å². The van der Waals surface area contributed by atoms with Gasteiger partial charge in [-0.2, -0.15) is 0 Å². The van der Waals surface area contributed by atoms with Gasteiger partial charge in [-0.3, -0.25) is 0 Å². The number of hydrogen-bond donors (Lipinski definition) is 0. The van der Waals surface area contributed by atoms with Crippen LogP contribution < -0.4 is 0 Å². The standard InChI is InChI=1S/C46H28O/c1-2-11-33-27-34(22-19-29(33)9-1)30-17-20-32(21-18-30)44-37-13-5-7-15-39(37)45(40-16-8-6-14-38(40)44)35-24-25-42-41(28-35)46-36-12-4-3-10-31(36)23-26-43(46)47-42/h1-28H/i5D,6D,7D,8D,13D,14D,15D,16D. The average molecular weight is 605 g/mol. The van der Waals surface area contributed by atoms with Crippen LogP contribution in [-0.4, -0.2) is 0 Å². The van der Waals surface area contributed by atoms with Gasteiger partial charge in [-0.25, -0.2) is 0 Å². The molecule has 0 bridgehead atoms. The van der Waals surface area contributed by atoms with Gasteiger partial charge >= 0.3 is 0 Å². The van der Waals surface area contributed by atoms with Crippen LogP contribution in [0.15, 0.2) is 174 Å². The van der Waals surface area contributed by atoms with Gasteiger partial charge in [-0.1, -0.05) is 145 Å². The second-order valence-corrected chi connectivity index (χ2v) is 11.9. The quantitative estimate of drug-likeness (QED) is 0.183. The van der Waals surface area contributed by atoms with E-state index in [0.29, 0.717) is 33.4 Å². The molecule has 10 aromatic rings. The highest BCUT2D eigenvalue weighted by Crippen LogP contribution is 2.45. The molecule has 218 valence electrons. The molecule has 47 heavy (non-hydrogen) atoms. The first-order valence-corrected chi connectivity index (χ1v) is 15.5. The lowest BCUT2D eigenvalue weighted by Gasteiger charge is -2.18. The van der Waals surface area contributed by atoms with E-state index in [1.807, 2.05) is 91.0 Å². The molecular formula is C46H28O. The minimum atomic E-state index is -0.433. The summed E-state index contributed by atoms with van der Waals surface area (Å²) in [6, 6.07) is 36.5. The third-order valence-corrected chi connectivity index (χ3v) is 9.28. The maximum atomic E-state index is 9.35. The number of fused-ring (bicyclic) bond motifs is 8. The number of rotatable bonds is 3. The van der Waals surface area contributed by atoms with Crippen molar-refractivity contribution in [2.75, 3.05) is 0 Å². The van der Waals surface area contributed by atoms with E-state index in [2.05, 4.69) is 24.3 Å². The fourth-order valence-electron chi connectivity index (χ4n) is 7.10. The summed E-state index contributed by atoms with van der Waals surface area (Å²) in [4.78, 5) is 0. The van der Waals surface area contributed by atoms with E-state index in [1.165, 1.54) is 0 Å². The highest BCUT2D eigenvalue weighted by molar-refractivity contribution is 6.23. The highest BCUT2D eigenvalue weighted by atomic mass is 16.3. The summed E-state index contributed by atoms with van der Waals surface area (Å²) in [5.41, 5.74) is 4.94. The van der Waals surface area contributed by atoms with Crippen molar-refractivity contribution in [1.29, 1.82) is 0 Å². The largest absolute Gasteiger partial charge is 0.456 e. The molecule has 0 atom stereocenters. The van der Waals surface area contributed by atoms with Gasteiger partial charge in [0.1, 0.15) is 11.2 Å². The van der Waals surface area contributed by atoms with Gasteiger partial charge in [-0.05, 0) is 101 Å². The molecule has 0 fully saturated rings. The van der Waals surface area contributed by atoms with Crippen molar-refractivity contribution < 1.29 is 15.4 Å². The summed E-state index contributed by atoms with van der Waals surface area (Å²) in [5, 5.41) is 6.60. The molecule has 9 aromatic carbocycles. The maximum Gasteiger partial charge on any atom is 0.136 e. The molecule has 1 heterocycles. The Morgan fingerprint density at radius 3 is 1.62 bits per heavy atom. The third kappa shape index (κ3) is 4.03. The second-order valence-electron chi connectivity index (χ2n) is 11.9. The van der Waals surface area contributed by atoms with Gasteiger partial charge < -0.3 is 4.42 Å². The molecule has 1 heteroatoms. The van der Waals surface area contributed by atoms with Crippen molar-refractivity contribution >= 4 is 65.0 Å². The van der Waals surface area contributed by atoms with Crippen molar-refractivity contribution in [3.63, 3.8) is 0 Å². The van der Waals surface area contributed by atoms with Crippen molar-refractivity contribution in [3.05, 3.63) is 170 Å². The smallest absolute Gasteiger partial charge is 0.136 e. The van der Waals surface area contributed by atoms with Crippen LogP contribution in [-0.2, 0) is 0 Å². The van der Waals surface area contributed by atoms with Gasteiger partial charge in [0, 0.05) is 10.8 Å². The van der Waals surface area contributed by atoms with Gasteiger partial charge in [0.2, 0.25) is 0 Å². The summed E-state index contributed by atoms with van der Waals surface area (Å²) in [5.74, 6) is 0. The van der Waals surface area contributed by atoms with Crippen LogP contribution >= 0.6 is 0 Å². The lowest BCUT2D eigenvalue weighted by atomic mass is 9.85. The van der Waals surface area contributed by atoms with E-state index in [-0.39, 0.29) is 45.7 Å². The zero-order valence-electron chi connectivity index (χ0n) is 33.0. The predicted molar refractivity (Wildman–Crippen MR) is 200 cm³/mol. The molecule has 0 unspecified atom stereocenters. The number of furan rings is 1. The fourth-order valence-corrected chi connectivity index (χ4v) is 7.10. The van der Waals surface area contributed by atoms with Crippen molar-refractivity contribution in [3.8, 4) is 33.4 Å². The third-order valence-electron chi connectivity index (χ3n) is 9.28. The summed E-state index contributed by atoms with van der Waals surface area (Å²) >= 11 is 0. The first-order valence-electron chi connectivity index (χ1n) is 19.5. The zero-order chi connectivity index (χ0) is 37.9. The Morgan fingerprint density at radius 1 is 0.362 bits per heavy atom. The zero-order valence-corrected chi connectivity index (χ0v) is 25.0. The molecule has 0 N–H and O–H groups in total. The van der Waals surface area contributed by atoms with Crippen LogP contribution in [0.5, 0.6) is 0 Å². The number of hydrogen-bond acceptors (Lipinski definition) is 1. The Morgan fingerprint density at radius 2 is 0.894 bits per heavy atom. The Balaban J connectivity index is 1.33. The molecule has 1 aromatic heterocycles. The lowest BCUT2D eigenvalue weighted by Crippen LogP contribution is -1.91. The first kappa shape index (κ1) is 19.4. The van der Waals surface area contributed by atoms with E-state index in [0.717, 1.165) is 43.4 Å². The van der Waals surface area contributed by atoms with Crippen molar-refractivity contribution in [1.82, 2.24) is 0 Å². The van der Waals surface area contributed by atoms with E-state index in [1.54, 1.807) is 6.07 Å². The van der Waals surface area contributed by atoms with Crippen LogP contribution in [0.2, 0.25) is 0 Å². The topological polar surface area (TPSA) is 13.1 Å². The minimum absolute atomic E-state index is 0.175. The normalized spacial score (nSPS) is 14.2. The minimum Gasteiger partial charge on any atom is -0.456 e. The van der Waals surface area contributed by atoms with Gasteiger partial charge in [0.05, 0.1) is 11.0 Å². The summed E-state index contributed by atoms with van der Waals surface area (Å²) in [7, 11) is 0. The van der Waals surface area contributed by atoms with Crippen LogP contribution in [0.3, 0.4) is 0 Å². The Bertz CT molecular complexity index is 3210. The molecule has 0 amide bonds. The second kappa shape index (κ2) is 10.2. The maximum absolute atomic E-state index is 9.35. The van der Waals surface area contributed by atoms with E-state index >= 15 is 0 Å². The fraction of sp³-hybridized carbons (Fsp3) is 0. The van der Waals surface area contributed by atoms with E-state index < -0.39 is 24.2 Å². The monoisotopic (exact) mass is 604 g/mol. The molecule has 0 saturated heterocycles. The van der Waals surface area contributed by atoms with Gasteiger partial charge in [0.25, 0.3) is 0 Å². The number of benzene rings is 9. The molecule has 0 saturated carbocycles. The molecule has 0 aliphatic carbocycles. The van der Waals surface area contributed by atoms with E-state index in [4.69, 9.17) is 9.90 Å². The Labute approximate surface area is 283 Å². The molecule has 10 rings (SSSR count). The molecule has 0 spiro atoms. The van der Waals surface area contributed by atoms with Crippen LogP contribution in [0.25, 0.3) is 98.4 Å².